The van der Waals surface area contributed by atoms with Crippen molar-refractivity contribution in [3.63, 3.8) is 0 Å². The van der Waals surface area contributed by atoms with Gasteiger partial charge in [0.1, 0.15) is 29.0 Å². The van der Waals surface area contributed by atoms with E-state index >= 15 is 0 Å². The van der Waals surface area contributed by atoms with Crippen LogP contribution in [-0.4, -0.2) is 48.9 Å². The van der Waals surface area contributed by atoms with Gasteiger partial charge in [-0.05, 0) is 62.4 Å². The molecule has 0 aliphatic carbocycles. The zero-order valence-corrected chi connectivity index (χ0v) is 21.6. The molecule has 3 aromatic carbocycles. The summed E-state index contributed by atoms with van der Waals surface area (Å²) in [6.45, 7) is 5.72. The Morgan fingerprint density at radius 2 is 1.43 bits per heavy atom. The second-order valence-corrected chi connectivity index (χ2v) is 10.9. The van der Waals surface area contributed by atoms with E-state index in [0.717, 1.165) is 11.5 Å². The van der Waals surface area contributed by atoms with Gasteiger partial charge in [-0.25, -0.2) is 18.4 Å². The first-order chi connectivity index (χ1) is 17.9. The Morgan fingerprint density at radius 1 is 0.784 bits per heavy atom. The second kappa shape index (κ2) is 10.6. The van der Waals surface area contributed by atoms with Gasteiger partial charge in [0.25, 0.3) is 0 Å². The predicted octanol–water partition coefficient (Wildman–Crippen LogP) is 5.14. The van der Waals surface area contributed by atoms with Crippen molar-refractivity contribution in [1.82, 2.24) is 14.3 Å². The molecule has 0 spiro atoms. The first-order valence-corrected chi connectivity index (χ1v) is 13.6. The summed E-state index contributed by atoms with van der Waals surface area (Å²) in [6.07, 6.45) is 0. The lowest BCUT2D eigenvalue weighted by atomic mass is 10.2. The molecule has 0 unspecified atom stereocenters. The molecule has 8 nitrogen and oxygen atoms in total. The highest BCUT2D eigenvalue weighted by Crippen LogP contribution is 2.26. The summed E-state index contributed by atoms with van der Waals surface area (Å²) in [5.74, 6) is 3.43. The van der Waals surface area contributed by atoms with Crippen molar-refractivity contribution in [2.24, 2.45) is 0 Å². The SMILES string of the molecule is Cc1ccc(Nc2cc(N3CCN(S(=O)(=O)c4ccc(Oc5ccccc5)cc4)CC3)nc(C)n2)cc1. The molecule has 37 heavy (non-hydrogen) atoms. The summed E-state index contributed by atoms with van der Waals surface area (Å²) in [5, 5.41) is 3.33. The Labute approximate surface area is 217 Å². The van der Waals surface area contributed by atoms with Gasteiger partial charge in [0.15, 0.2) is 0 Å². The highest BCUT2D eigenvalue weighted by Gasteiger charge is 2.29. The first-order valence-electron chi connectivity index (χ1n) is 12.1. The van der Waals surface area contributed by atoms with Crippen molar-refractivity contribution in [3.05, 3.63) is 96.3 Å². The van der Waals surface area contributed by atoms with Crippen LogP contribution in [0.15, 0.2) is 89.8 Å². The zero-order chi connectivity index (χ0) is 25.8. The van der Waals surface area contributed by atoms with Crippen molar-refractivity contribution in [2.45, 2.75) is 18.7 Å². The molecule has 0 bridgehead atoms. The molecular weight excluding hydrogens is 486 g/mol. The van der Waals surface area contributed by atoms with Crippen molar-refractivity contribution >= 4 is 27.3 Å². The molecule has 1 aliphatic heterocycles. The lowest BCUT2D eigenvalue weighted by Gasteiger charge is -2.34. The zero-order valence-electron chi connectivity index (χ0n) is 20.8. The van der Waals surface area contributed by atoms with Gasteiger partial charge in [0.2, 0.25) is 10.0 Å². The van der Waals surface area contributed by atoms with Crippen molar-refractivity contribution in [1.29, 1.82) is 0 Å². The smallest absolute Gasteiger partial charge is 0.243 e. The number of nitrogens with one attached hydrogen (secondary N) is 1. The molecule has 1 aromatic heterocycles. The van der Waals surface area contributed by atoms with E-state index in [2.05, 4.69) is 20.2 Å². The summed E-state index contributed by atoms with van der Waals surface area (Å²) in [6, 6.07) is 26.0. The molecule has 0 amide bonds. The number of sulfonamides is 1. The molecule has 1 saturated heterocycles. The van der Waals surface area contributed by atoms with Crippen LogP contribution in [0, 0.1) is 13.8 Å². The number of aryl methyl sites for hydroxylation is 2. The van der Waals surface area contributed by atoms with Crippen LogP contribution in [0.1, 0.15) is 11.4 Å². The molecule has 1 aliphatic rings. The topological polar surface area (TPSA) is 87.7 Å². The van der Waals surface area contributed by atoms with Crippen LogP contribution in [0.4, 0.5) is 17.3 Å². The number of benzene rings is 3. The predicted molar refractivity (Wildman–Crippen MR) is 145 cm³/mol. The summed E-state index contributed by atoms with van der Waals surface area (Å²) in [7, 11) is -3.61. The summed E-state index contributed by atoms with van der Waals surface area (Å²) < 4.78 is 33.8. The third-order valence-corrected chi connectivity index (χ3v) is 8.06. The number of para-hydroxylation sites is 1. The summed E-state index contributed by atoms with van der Waals surface area (Å²) >= 11 is 0. The minimum Gasteiger partial charge on any atom is -0.457 e. The van der Waals surface area contributed by atoms with Gasteiger partial charge in [0, 0.05) is 37.9 Å². The minimum absolute atomic E-state index is 0.254. The number of nitrogens with zero attached hydrogens (tertiary/aromatic N) is 4. The van der Waals surface area contributed by atoms with Crippen LogP contribution < -0.4 is 15.0 Å². The van der Waals surface area contributed by atoms with Gasteiger partial charge >= 0.3 is 0 Å². The number of hydrogen-bond acceptors (Lipinski definition) is 7. The van der Waals surface area contributed by atoms with E-state index < -0.39 is 10.0 Å². The third kappa shape index (κ3) is 5.90. The van der Waals surface area contributed by atoms with E-state index in [1.807, 2.05) is 74.5 Å². The van der Waals surface area contributed by atoms with Gasteiger partial charge in [-0.1, -0.05) is 35.9 Å². The number of aromatic nitrogens is 2. The lowest BCUT2D eigenvalue weighted by Crippen LogP contribution is -2.49. The molecule has 0 saturated carbocycles. The number of hydrogen-bond donors (Lipinski definition) is 1. The minimum atomic E-state index is -3.61. The molecular formula is C28H29N5O3S. The van der Waals surface area contributed by atoms with E-state index in [1.165, 1.54) is 9.87 Å². The molecule has 1 fully saturated rings. The van der Waals surface area contributed by atoms with Crippen LogP contribution in [-0.2, 0) is 10.0 Å². The van der Waals surface area contributed by atoms with E-state index in [-0.39, 0.29) is 4.90 Å². The number of anilines is 3. The quantitative estimate of drug-likeness (QED) is 0.365. The fourth-order valence-corrected chi connectivity index (χ4v) is 5.60. The van der Waals surface area contributed by atoms with Gasteiger partial charge in [0.05, 0.1) is 4.90 Å². The van der Waals surface area contributed by atoms with Crippen molar-refractivity contribution in [3.8, 4) is 11.5 Å². The van der Waals surface area contributed by atoms with Gasteiger partial charge in [-0.15, -0.1) is 0 Å². The maximum Gasteiger partial charge on any atom is 0.243 e. The largest absolute Gasteiger partial charge is 0.457 e. The van der Waals surface area contributed by atoms with E-state index in [0.29, 0.717) is 49.3 Å². The molecule has 9 heteroatoms. The Morgan fingerprint density at radius 3 is 2.11 bits per heavy atom. The Hall–Kier alpha value is -3.95. The molecule has 2 heterocycles. The van der Waals surface area contributed by atoms with Crippen LogP contribution in [0.25, 0.3) is 0 Å². The number of piperazine rings is 1. The molecule has 4 aromatic rings. The Kier molecular flexibility index (Phi) is 7.07. The summed E-state index contributed by atoms with van der Waals surface area (Å²) in [4.78, 5) is 11.5. The molecule has 5 rings (SSSR count). The fraction of sp³-hybridized carbons (Fsp3) is 0.214. The maximum absolute atomic E-state index is 13.3. The number of ether oxygens (including phenoxy) is 1. The van der Waals surface area contributed by atoms with Crippen LogP contribution in [0.5, 0.6) is 11.5 Å². The highest BCUT2D eigenvalue weighted by atomic mass is 32.2. The normalized spacial score (nSPS) is 14.4. The van der Waals surface area contributed by atoms with Gasteiger partial charge in [-0.3, -0.25) is 0 Å². The van der Waals surface area contributed by atoms with Crippen LogP contribution in [0.2, 0.25) is 0 Å². The van der Waals surface area contributed by atoms with Crippen LogP contribution in [0.3, 0.4) is 0 Å². The summed E-state index contributed by atoms with van der Waals surface area (Å²) in [5.41, 5.74) is 2.14. The average Bonchev–Trinajstić information content (AvgIpc) is 2.91. The Bertz CT molecular complexity index is 1450. The lowest BCUT2D eigenvalue weighted by molar-refractivity contribution is 0.383. The first kappa shape index (κ1) is 24.7. The van der Waals surface area contributed by atoms with Crippen molar-refractivity contribution in [2.75, 3.05) is 36.4 Å². The second-order valence-electron chi connectivity index (χ2n) is 8.93. The number of rotatable bonds is 7. The van der Waals surface area contributed by atoms with Crippen molar-refractivity contribution < 1.29 is 13.2 Å². The molecule has 0 atom stereocenters. The Balaban J connectivity index is 1.23. The van der Waals surface area contributed by atoms with Gasteiger partial charge < -0.3 is 15.0 Å². The molecule has 190 valence electrons. The standard InChI is InChI=1S/C28H29N5O3S/c1-21-8-10-23(11-9-21)31-27-20-28(30-22(2)29-27)32-16-18-33(19-17-32)37(34,35)26-14-12-25(13-15-26)36-24-6-4-3-5-7-24/h3-15,20H,16-19H2,1-2H3,(H,29,30,31). The van der Waals surface area contributed by atoms with E-state index in [1.54, 1.807) is 24.3 Å². The maximum atomic E-state index is 13.3. The fourth-order valence-electron chi connectivity index (χ4n) is 4.17. The molecule has 0 radical (unpaired) electrons. The van der Waals surface area contributed by atoms with E-state index in [4.69, 9.17) is 4.74 Å². The third-order valence-electron chi connectivity index (χ3n) is 6.15. The van der Waals surface area contributed by atoms with E-state index in [9.17, 15) is 8.42 Å². The van der Waals surface area contributed by atoms with Gasteiger partial charge in [-0.2, -0.15) is 4.31 Å². The monoisotopic (exact) mass is 515 g/mol. The average molecular weight is 516 g/mol. The highest BCUT2D eigenvalue weighted by molar-refractivity contribution is 7.89. The molecule has 1 N–H and O–H groups in total. The van der Waals surface area contributed by atoms with Crippen LogP contribution >= 0.6 is 0 Å².